The van der Waals surface area contributed by atoms with Crippen molar-refractivity contribution in [2.45, 2.75) is 64.1 Å². The summed E-state index contributed by atoms with van der Waals surface area (Å²) in [6.45, 7) is 6.71. The van der Waals surface area contributed by atoms with Gasteiger partial charge in [0.2, 0.25) is 5.95 Å². The van der Waals surface area contributed by atoms with Gasteiger partial charge < -0.3 is 25.4 Å². The Morgan fingerprint density at radius 2 is 1.87 bits per heavy atom. The Kier molecular flexibility index (Phi) is 8.35. The molecule has 0 amide bonds. The number of nitrogens with one attached hydrogen (secondary N) is 2. The lowest BCUT2D eigenvalue weighted by Gasteiger charge is -2.34. The number of aliphatic hydroxyl groups is 1. The largest absolute Gasteiger partial charge is 0.395 e. The number of halogens is 2. The van der Waals surface area contributed by atoms with Crippen LogP contribution in [0.15, 0.2) is 30.3 Å². The lowest BCUT2D eigenvalue weighted by molar-refractivity contribution is 0.0985. The van der Waals surface area contributed by atoms with Crippen LogP contribution in [0.2, 0.25) is 0 Å². The number of aliphatic hydroxyl groups excluding tert-OH is 1. The minimum absolute atomic E-state index is 0.0949. The van der Waals surface area contributed by atoms with Crippen molar-refractivity contribution in [2.24, 2.45) is 5.92 Å². The first-order valence-electron chi connectivity index (χ1n) is 13.5. The zero-order valence-electron chi connectivity index (χ0n) is 22.0. The van der Waals surface area contributed by atoms with Gasteiger partial charge in [-0.2, -0.15) is 9.97 Å². The number of hydrogen-bond donors (Lipinski definition) is 3. The number of hydrogen-bond acceptors (Lipinski definition) is 8. The smallest absolute Gasteiger partial charge is 0.296 e. The Morgan fingerprint density at radius 3 is 2.61 bits per heavy atom. The van der Waals surface area contributed by atoms with E-state index in [-0.39, 0.29) is 24.5 Å². The first-order chi connectivity index (χ1) is 18.4. The molecule has 5 rings (SSSR count). The summed E-state index contributed by atoms with van der Waals surface area (Å²) in [5.41, 5.74) is 1.08. The van der Waals surface area contributed by atoms with Crippen LogP contribution in [0.4, 0.5) is 20.5 Å². The van der Waals surface area contributed by atoms with E-state index in [1.165, 1.54) is 4.57 Å². The fourth-order valence-electron chi connectivity index (χ4n) is 5.49. The summed E-state index contributed by atoms with van der Waals surface area (Å²) >= 11 is 0. The van der Waals surface area contributed by atoms with Crippen LogP contribution < -0.4 is 15.5 Å². The van der Waals surface area contributed by atoms with E-state index in [9.17, 15) is 13.9 Å². The monoisotopic (exact) mass is 529 g/mol. The molecule has 206 valence electrons. The van der Waals surface area contributed by atoms with E-state index < -0.39 is 6.43 Å². The Morgan fingerprint density at radius 1 is 1.11 bits per heavy atom. The molecule has 0 spiro atoms. The third kappa shape index (κ3) is 5.89. The second-order valence-corrected chi connectivity index (χ2v) is 10.5. The van der Waals surface area contributed by atoms with Crippen molar-refractivity contribution in [3.8, 4) is 5.82 Å². The molecular weight excluding hydrogens is 492 g/mol. The van der Waals surface area contributed by atoms with Crippen LogP contribution in [0.3, 0.4) is 0 Å². The quantitative estimate of drug-likeness (QED) is 0.384. The third-order valence-electron chi connectivity index (χ3n) is 7.56. The number of benzene rings is 1. The highest BCUT2D eigenvalue weighted by Gasteiger charge is 2.26. The van der Waals surface area contributed by atoms with Crippen LogP contribution >= 0.6 is 0 Å². The minimum Gasteiger partial charge on any atom is -0.395 e. The number of imidazole rings is 1. The number of aromatic nitrogens is 4. The fourth-order valence-corrected chi connectivity index (χ4v) is 5.49. The summed E-state index contributed by atoms with van der Waals surface area (Å²) in [5.74, 6) is 1.59. The number of ether oxygens (including phenoxy) is 1. The van der Waals surface area contributed by atoms with Gasteiger partial charge >= 0.3 is 0 Å². The lowest BCUT2D eigenvalue weighted by atomic mass is 9.85. The minimum atomic E-state index is -2.75. The summed E-state index contributed by atoms with van der Waals surface area (Å²) in [6.07, 6.45) is 1.45. The molecule has 0 radical (unpaired) electrons. The molecular formula is C27H37F2N7O2. The van der Waals surface area contributed by atoms with Crippen molar-refractivity contribution >= 4 is 22.8 Å². The second kappa shape index (κ2) is 11.9. The van der Waals surface area contributed by atoms with E-state index in [0.29, 0.717) is 66.9 Å². The number of anilines is 2. The van der Waals surface area contributed by atoms with Gasteiger partial charge in [0, 0.05) is 31.2 Å². The molecule has 3 aromatic rings. The SMILES string of the molecule is CC(CO)N[C@H]1CC[C@H](CNc2nc(N3CCOC[C@H]3C)cc(-n3c(C(F)F)nc4ccccc43)n2)CC1. The topological polar surface area (TPSA) is 100 Å². The molecule has 11 heteroatoms. The maximum Gasteiger partial charge on any atom is 0.296 e. The van der Waals surface area contributed by atoms with E-state index in [0.717, 1.165) is 25.7 Å². The fraction of sp³-hybridized carbons (Fsp3) is 0.593. The third-order valence-corrected chi connectivity index (χ3v) is 7.56. The summed E-state index contributed by atoms with van der Waals surface area (Å²) in [5, 5.41) is 16.2. The first kappa shape index (κ1) is 26.7. The summed E-state index contributed by atoms with van der Waals surface area (Å²) in [4.78, 5) is 15.9. The van der Waals surface area contributed by atoms with E-state index in [1.54, 1.807) is 24.3 Å². The number of rotatable bonds is 9. The summed E-state index contributed by atoms with van der Waals surface area (Å²) in [6, 6.07) is 9.50. The highest BCUT2D eigenvalue weighted by atomic mass is 19.3. The molecule has 1 aliphatic heterocycles. The molecule has 1 saturated carbocycles. The normalized spacial score (nSPS) is 23.2. The van der Waals surface area contributed by atoms with Gasteiger partial charge in [0.15, 0.2) is 5.82 Å². The van der Waals surface area contributed by atoms with Crippen molar-refractivity contribution in [1.82, 2.24) is 24.8 Å². The van der Waals surface area contributed by atoms with Gasteiger partial charge in [-0.1, -0.05) is 12.1 Å². The molecule has 1 unspecified atom stereocenters. The van der Waals surface area contributed by atoms with Crippen molar-refractivity contribution in [3.63, 3.8) is 0 Å². The molecule has 2 atom stereocenters. The van der Waals surface area contributed by atoms with Gasteiger partial charge in [0.1, 0.15) is 11.6 Å². The maximum atomic E-state index is 14.1. The molecule has 0 bridgehead atoms. The van der Waals surface area contributed by atoms with Gasteiger partial charge in [-0.3, -0.25) is 4.57 Å². The lowest BCUT2D eigenvalue weighted by Crippen LogP contribution is -2.44. The highest BCUT2D eigenvalue weighted by molar-refractivity contribution is 5.78. The van der Waals surface area contributed by atoms with Crippen LogP contribution in [0.5, 0.6) is 0 Å². The molecule has 1 aromatic carbocycles. The predicted octanol–water partition coefficient (Wildman–Crippen LogP) is 3.92. The van der Waals surface area contributed by atoms with Crippen LogP contribution in [0.25, 0.3) is 16.9 Å². The second-order valence-electron chi connectivity index (χ2n) is 10.5. The Bertz CT molecular complexity index is 1220. The van der Waals surface area contributed by atoms with Gasteiger partial charge in [-0.25, -0.2) is 13.8 Å². The van der Waals surface area contributed by atoms with E-state index in [1.807, 2.05) is 13.0 Å². The van der Waals surface area contributed by atoms with Gasteiger partial charge in [0.25, 0.3) is 6.43 Å². The molecule has 1 aliphatic carbocycles. The average molecular weight is 530 g/mol. The van der Waals surface area contributed by atoms with E-state index in [4.69, 9.17) is 14.7 Å². The molecule has 3 N–H and O–H groups in total. The standard InChI is InChI=1S/C27H37F2N7O2/c1-17(15-37)31-20-9-7-19(8-10-20)14-30-27-33-23(35-11-12-38-16-18(35)2)13-24(34-27)36-22-6-4-3-5-21(22)32-26(36)25(28)29/h3-6,13,17-20,25,31,37H,7-12,14-16H2,1-2H3,(H,30,33,34)/t17?,18-,19-,20-/m1/s1. The van der Waals surface area contributed by atoms with Crippen molar-refractivity contribution in [2.75, 3.05) is 43.1 Å². The van der Waals surface area contributed by atoms with Crippen molar-refractivity contribution in [1.29, 1.82) is 0 Å². The molecule has 2 aromatic heterocycles. The van der Waals surface area contributed by atoms with Crippen LogP contribution in [-0.4, -0.2) is 75.7 Å². The Hall–Kier alpha value is -2.89. The van der Waals surface area contributed by atoms with Gasteiger partial charge in [-0.15, -0.1) is 0 Å². The number of morpholine rings is 1. The Labute approximate surface area is 221 Å². The van der Waals surface area contributed by atoms with E-state index in [2.05, 4.69) is 27.4 Å². The molecule has 2 fully saturated rings. The summed E-state index contributed by atoms with van der Waals surface area (Å²) < 4.78 is 35.3. The predicted molar refractivity (Wildman–Crippen MR) is 143 cm³/mol. The number of fused-ring (bicyclic) bond motifs is 1. The Balaban J connectivity index is 1.42. The van der Waals surface area contributed by atoms with Gasteiger partial charge in [-0.05, 0) is 57.6 Å². The summed E-state index contributed by atoms with van der Waals surface area (Å²) in [7, 11) is 0. The maximum absolute atomic E-state index is 14.1. The number of nitrogens with zero attached hydrogens (tertiary/aromatic N) is 5. The molecule has 9 nitrogen and oxygen atoms in total. The molecule has 3 heterocycles. The number of alkyl halides is 2. The highest BCUT2D eigenvalue weighted by Crippen LogP contribution is 2.30. The van der Waals surface area contributed by atoms with Crippen molar-refractivity contribution in [3.05, 3.63) is 36.2 Å². The van der Waals surface area contributed by atoms with Crippen LogP contribution in [-0.2, 0) is 4.74 Å². The van der Waals surface area contributed by atoms with Crippen LogP contribution in [0.1, 0.15) is 51.8 Å². The first-order valence-corrected chi connectivity index (χ1v) is 13.5. The zero-order chi connectivity index (χ0) is 26.6. The zero-order valence-corrected chi connectivity index (χ0v) is 22.0. The van der Waals surface area contributed by atoms with Crippen LogP contribution in [0, 0.1) is 5.92 Å². The molecule has 38 heavy (non-hydrogen) atoms. The van der Waals surface area contributed by atoms with E-state index >= 15 is 0 Å². The van der Waals surface area contributed by atoms with Gasteiger partial charge in [0.05, 0.1) is 36.9 Å². The average Bonchev–Trinajstić information content (AvgIpc) is 3.33. The number of para-hydroxylation sites is 2. The molecule has 2 aliphatic rings. The van der Waals surface area contributed by atoms with Crippen molar-refractivity contribution < 1.29 is 18.6 Å². The molecule has 1 saturated heterocycles.